The van der Waals surface area contributed by atoms with Gasteiger partial charge >= 0.3 is 0 Å². The van der Waals surface area contributed by atoms with Gasteiger partial charge in [0.25, 0.3) is 0 Å². The van der Waals surface area contributed by atoms with E-state index in [4.69, 9.17) is 4.42 Å². The molecule has 0 fully saturated rings. The molecule has 1 heterocycles. The molecule has 0 spiro atoms. The van der Waals surface area contributed by atoms with Crippen LogP contribution < -0.4 is 10.6 Å². The second kappa shape index (κ2) is 10.1. The molecule has 0 saturated heterocycles. The van der Waals surface area contributed by atoms with E-state index in [0.717, 1.165) is 17.2 Å². The summed E-state index contributed by atoms with van der Waals surface area (Å²) >= 11 is 1.75. The van der Waals surface area contributed by atoms with Crippen LogP contribution in [0, 0.1) is 12.7 Å². The Morgan fingerprint density at radius 1 is 1.17 bits per heavy atom. The van der Waals surface area contributed by atoms with Crippen molar-refractivity contribution in [2.75, 3.05) is 19.8 Å². The van der Waals surface area contributed by atoms with Crippen molar-refractivity contribution >= 4 is 17.7 Å². The predicted octanol–water partition coefficient (Wildman–Crippen LogP) is 4.42. The lowest BCUT2D eigenvalue weighted by Crippen LogP contribution is -2.38. The summed E-state index contributed by atoms with van der Waals surface area (Å²) in [6.45, 7) is 3.47. The molecule has 2 N–H and O–H groups in total. The van der Waals surface area contributed by atoms with Gasteiger partial charge in [-0.15, -0.1) is 11.8 Å². The fourth-order valence-corrected chi connectivity index (χ4v) is 3.56. The van der Waals surface area contributed by atoms with Crippen LogP contribution in [0.2, 0.25) is 0 Å². The van der Waals surface area contributed by atoms with E-state index in [9.17, 15) is 4.39 Å². The number of thioether (sulfide) groups is 1. The largest absolute Gasteiger partial charge is 0.444 e. The van der Waals surface area contributed by atoms with Crippen LogP contribution in [0.1, 0.15) is 16.8 Å². The number of hydrogen-bond acceptors (Lipinski definition) is 4. The normalized spacial score (nSPS) is 11.5. The number of nitrogens with zero attached hydrogens (tertiary/aromatic N) is 2. The highest BCUT2D eigenvalue weighted by Crippen LogP contribution is 2.21. The van der Waals surface area contributed by atoms with Crippen molar-refractivity contribution in [3.05, 3.63) is 71.4 Å². The minimum Gasteiger partial charge on any atom is -0.444 e. The summed E-state index contributed by atoms with van der Waals surface area (Å²) in [7, 11) is 1.75. The first-order valence-corrected chi connectivity index (χ1v) is 10.6. The number of halogens is 1. The Morgan fingerprint density at radius 3 is 2.69 bits per heavy atom. The zero-order valence-corrected chi connectivity index (χ0v) is 17.6. The molecule has 0 unspecified atom stereocenters. The molecule has 152 valence electrons. The smallest absolute Gasteiger partial charge is 0.226 e. The summed E-state index contributed by atoms with van der Waals surface area (Å²) in [4.78, 5) is 10.0. The lowest BCUT2D eigenvalue weighted by Gasteiger charge is -2.13. The first-order valence-electron chi connectivity index (χ1n) is 9.37. The van der Waals surface area contributed by atoms with Crippen molar-refractivity contribution in [3.8, 4) is 11.5 Å². The van der Waals surface area contributed by atoms with Gasteiger partial charge in [0.15, 0.2) is 5.96 Å². The lowest BCUT2D eigenvalue weighted by atomic mass is 10.1. The maximum absolute atomic E-state index is 13.0. The number of rotatable bonds is 7. The zero-order valence-electron chi connectivity index (χ0n) is 16.8. The van der Waals surface area contributed by atoms with E-state index in [0.29, 0.717) is 25.4 Å². The summed E-state index contributed by atoms with van der Waals surface area (Å²) in [5.41, 5.74) is 4.08. The molecule has 1 aromatic heterocycles. The van der Waals surface area contributed by atoms with Crippen LogP contribution >= 0.6 is 11.8 Å². The van der Waals surface area contributed by atoms with E-state index in [1.807, 2.05) is 0 Å². The molecule has 3 aromatic rings. The standard InChI is InChI=1S/C22H25FN4OS/c1-15-4-5-17(20(12-15)29-3)13-26-22(24-2)25-11-10-19-14-28-21(27-19)16-6-8-18(23)9-7-16/h4-9,12,14H,10-11,13H2,1-3H3,(H2,24,25,26). The lowest BCUT2D eigenvalue weighted by molar-refractivity contribution is 0.571. The summed E-state index contributed by atoms with van der Waals surface area (Å²) in [6, 6.07) is 12.6. The fraction of sp³-hybridized carbons (Fsp3) is 0.273. The number of aliphatic imine (C=N–C) groups is 1. The number of aryl methyl sites for hydroxylation is 1. The highest BCUT2D eigenvalue weighted by atomic mass is 32.2. The van der Waals surface area contributed by atoms with Gasteiger partial charge in [-0.25, -0.2) is 9.37 Å². The number of oxazole rings is 1. The molecule has 0 saturated carbocycles. The van der Waals surface area contributed by atoms with E-state index < -0.39 is 0 Å². The molecule has 0 bridgehead atoms. The topological polar surface area (TPSA) is 62.5 Å². The van der Waals surface area contributed by atoms with Gasteiger partial charge in [0.2, 0.25) is 5.89 Å². The van der Waals surface area contributed by atoms with Crippen molar-refractivity contribution in [2.45, 2.75) is 24.8 Å². The average molecular weight is 413 g/mol. The van der Waals surface area contributed by atoms with Crippen molar-refractivity contribution in [1.29, 1.82) is 0 Å². The monoisotopic (exact) mass is 412 g/mol. The molecule has 0 aliphatic carbocycles. The van der Waals surface area contributed by atoms with E-state index in [2.05, 4.69) is 52.0 Å². The van der Waals surface area contributed by atoms with Gasteiger partial charge in [0, 0.05) is 37.0 Å². The van der Waals surface area contributed by atoms with Crippen molar-refractivity contribution in [1.82, 2.24) is 15.6 Å². The van der Waals surface area contributed by atoms with E-state index >= 15 is 0 Å². The fourth-order valence-electron chi connectivity index (χ4n) is 2.85. The number of hydrogen-bond donors (Lipinski definition) is 2. The van der Waals surface area contributed by atoms with Gasteiger partial charge in [0.05, 0.1) is 5.69 Å². The molecule has 0 atom stereocenters. The molecule has 0 radical (unpaired) electrons. The second-order valence-corrected chi connectivity index (χ2v) is 7.42. The zero-order chi connectivity index (χ0) is 20.6. The first kappa shape index (κ1) is 20.9. The van der Waals surface area contributed by atoms with Gasteiger partial charge in [-0.05, 0) is 54.6 Å². The Hall–Kier alpha value is -2.80. The van der Waals surface area contributed by atoms with Crippen molar-refractivity contribution in [2.24, 2.45) is 4.99 Å². The molecular weight excluding hydrogens is 387 g/mol. The number of guanidine groups is 1. The van der Waals surface area contributed by atoms with Crippen LogP contribution in [0.25, 0.3) is 11.5 Å². The molecule has 2 aromatic carbocycles. The molecule has 7 heteroatoms. The van der Waals surface area contributed by atoms with Gasteiger partial charge in [-0.1, -0.05) is 12.1 Å². The first-order chi connectivity index (χ1) is 14.1. The van der Waals surface area contributed by atoms with Crippen LogP contribution in [0.15, 0.2) is 63.0 Å². The highest BCUT2D eigenvalue weighted by molar-refractivity contribution is 7.98. The quantitative estimate of drug-likeness (QED) is 0.342. The number of aromatic nitrogens is 1. The summed E-state index contributed by atoms with van der Waals surface area (Å²) in [5.74, 6) is 0.949. The van der Waals surface area contributed by atoms with Gasteiger partial charge in [-0.3, -0.25) is 4.99 Å². The van der Waals surface area contributed by atoms with Gasteiger partial charge < -0.3 is 15.1 Å². The molecule has 5 nitrogen and oxygen atoms in total. The number of benzene rings is 2. The summed E-state index contributed by atoms with van der Waals surface area (Å²) in [6.07, 6.45) is 4.41. The summed E-state index contributed by atoms with van der Waals surface area (Å²) in [5, 5.41) is 6.64. The molecule has 0 aliphatic rings. The minimum atomic E-state index is -0.279. The van der Waals surface area contributed by atoms with Gasteiger partial charge in [0.1, 0.15) is 12.1 Å². The van der Waals surface area contributed by atoms with Crippen LogP contribution in [-0.2, 0) is 13.0 Å². The van der Waals surface area contributed by atoms with Crippen LogP contribution in [0.3, 0.4) is 0 Å². The highest BCUT2D eigenvalue weighted by Gasteiger charge is 2.08. The Kier molecular flexibility index (Phi) is 7.30. The Morgan fingerprint density at radius 2 is 1.97 bits per heavy atom. The third kappa shape index (κ3) is 5.84. The third-order valence-corrected chi connectivity index (χ3v) is 5.25. The van der Waals surface area contributed by atoms with E-state index in [-0.39, 0.29) is 5.82 Å². The Bertz CT molecular complexity index is 969. The Balaban J connectivity index is 1.50. The van der Waals surface area contributed by atoms with E-state index in [1.54, 1.807) is 37.2 Å². The molecule has 3 rings (SSSR count). The average Bonchev–Trinajstić information content (AvgIpc) is 3.20. The predicted molar refractivity (Wildman–Crippen MR) is 117 cm³/mol. The van der Waals surface area contributed by atoms with Crippen LogP contribution in [0.5, 0.6) is 0 Å². The van der Waals surface area contributed by atoms with E-state index in [1.165, 1.54) is 28.2 Å². The maximum Gasteiger partial charge on any atom is 0.226 e. The van der Waals surface area contributed by atoms with Gasteiger partial charge in [-0.2, -0.15) is 0 Å². The SMILES string of the molecule is CN=C(NCCc1coc(-c2ccc(F)cc2)n1)NCc1ccc(C)cc1SC. The number of nitrogens with one attached hydrogen (secondary N) is 2. The summed E-state index contributed by atoms with van der Waals surface area (Å²) < 4.78 is 18.5. The van der Waals surface area contributed by atoms with Crippen LogP contribution in [-0.4, -0.2) is 30.8 Å². The van der Waals surface area contributed by atoms with Crippen molar-refractivity contribution in [3.63, 3.8) is 0 Å². The third-order valence-electron chi connectivity index (χ3n) is 4.43. The molecule has 29 heavy (non-hydrogen) atoms. The molecule has 0 aliphatic heterocycles. The minimum absolute atomic E-state index is 0.279. The van der Waals surface area contributed by atoms with Crippen LogP contribution in [0.4, 0.5) is 4.39 Å². The van der Waals surface area contributed by atoms with Crippen molar-refractivity contribution < 1.29 is 8.81 Å². The molecule has 0 amide bonds. The Labute approximate surface area is 174 Å². The molecular formula is C22H25FN4OS. The second-order valence-electron chi connectivity index (χ2n) is 6.57. The maximum atomic E-state index is 13.0.